The Labute approximate surface area is 174 Å². The molecule has 2 fully saturated rings. The van der Waals surface area contributed by atoms with E-state index in [2.05, 4.69) is 11.1 Å². The van der Waals surface area contributed by atoms with Gasteiger partial charge >= 0.3 is 0 Å². The lowest BCUT2D eigenvalue weighted by Gasteiger charge is -2.37. The third-order valence-electron chi connectivity index (χ3n) is 5.34. The quantitative estimate of drug-likeness (QED) is 0.728. The van der Waals surface area contributed by atoms with Crippen molar-refractivity contribution in [3.8, 4) is 6.07 Å². The number of hydrogen-bond acceptors (Lipinski definition) is 7. The van der Waals surface area contributed by atoms with Gasteiger partial charge in [-0.1, -0.05) is 6.07 Å². The summed E-state index contributed by atoms with van der Waals surface area (Å²) in [4.78, 5) is 21.2. The summed E-state index contributed by atoms with van der Waals surface area (Å²) in [7, 11) is -3.64. The Morgan fingerprint density at radius 3 is 2.69 bits per heavy atom. The van der Waals surface area contributed by atoms with Crippen LogP contribution in [0.5, 0.6) is 0 Å². The van der Waals surface area contributed by atoms with E-state index in [1.54, 1.807) is 40.7 Å². The minimum Gasteiger partial charge on any atom is -0.353 e. The Morgan fingerprint density at radius 1 is 1.21 bits per heavy atom. The standard InChI is InChI=1S/C19H21N5O3S2/c20-14-15-5-6-21-17(13-15)22-8-10-23(11-9-22)19(25)16-3-1-7-24(16)29(26,27)18-4-2-12-28-18/h2,4-6,12-13,16H,1,3,7-11H2. The molecular formula is C19H21N5O3S2. The van der Waals surface area contributed by atoms with Crippen LogP contribution in [0, 0.1) is 11.3 Å². The number of piperazine rings is 1. The molecule has 2 aliphatic rings. The Kier molecular flexibility index (Phi) is 5.54. The van der Waals surface area contributed by atoms with Crippen LogP contribution in [0.25, 0.3) is 0 Å². The molecule has 0 radical (unpaired) electrons. The van der Waals surface area contributed by atoms with E-state index in [4.69, 9.17) is 5.26 Å². The summed E-state index contributed by atoms with van der Waals surface area (Å²) in [5, 5.41) is 10.8. The van der Waals surface area contributed by atoms with Gasteiger partial charge in [-0.25, -0.2) is 13.4 Å². The second-order valence-corrected chi connectivity index (χ2v) is 10.1. The van der Waals surface area contributed by atoms with E-state index in [9.17, 15) is 13.2 Å². The molecule has 1 unspecified atom stereocenters. The van der Waals surface area contributed by atoms with Crippen molar-refractivity contribution in [1.29, 1.82) is 5.26 Å². The lowest BCUT2D eigenvalue weighted by atomic mass is 10.2. The van der Waals surface area contributed by atoms with Gasteiger partial charge in [-0.3, -0.25) is 4.79 Å². The van der Waals surface area contributed by atoms with E-state index in [0.29, 0.717) is 51.1 Å². The van der Waals surface area contributed by atoms with E-state index in [0.717, 1.165) is 5.82 Å². The predicted molar refractivity (Wildman–Crippen MR) is 109 cm³/mol. The summed E-state index contributed by atoms with van der Waals surface area (Å²) in [6, 6.07) is 8.17. The number of sulfonamides is 1. The largest absolute Gasteiger partial charge is 0.353 e. The molecule has 2 aromatic rings. The number of pyridine rings is 1. The van der Waals surface area contributed by atoms with Crippen molar-refractivity contribution >= 4 is 33.1 Å². The highest BCUT2D eigenvalue weighted by Crippen LogP contribution is 2.29. The van der Waals surface area contributed by atoms with Gasteiger partial charge in [0.25, 0.3) is 10.0 Å². The number of rotatable bonds is 4. The van der Waals surface area contributed by atoms with E-state index >= 15 is 0 Å². The Morgan fingerprint density at radius 2 is 2.00 bits per heavy atom. The average Bonchev–Trinajstić information content (AvgIpc) is 3.46. The number of aromatic nitrogens is 1. The number of thiophene rings is 1. The van der Waals surface area contributed by atoms with Crippen LogP contribution in [0.2, 0.25) is 0 Å². The van der Waals surface area contributed by atoms with Crippen LogP contribution in [0.4, 0.5) is 5.82 Å². The van der Waals surface area contributed by atoms with Crippen molar-refractivity contribution in [3.05, 3.63) is 41.4 Å². The number of anilines is 1. The summed E-state index contributed by atoms with van der Waals surface area (Å²) < 4.78 is 27.5. The van der Waals surface area contributed by atoms with Gasteiger partial charge < -0.3 is 9.80 Å². The molecule has 0 saturated carbocycles. The fraction of sp³-hybridized carbons (Fsp3) is 0.421. The first kappa shape index (κ1) is 19.8. The van der Waals surface area contributed by atoms with Gasteiger partial charge in [-0.05, 0) is 36.4 Å². The molecule has 10 heteroatoms. The van der Waals surface area contributed by atoms with Crippen LogP contribution in [-0.2, 0) is 14.8 Å². The molecule has 0 spiro atoms. The minimum absolute atomic E-state index is 0.124. The Bertz CT molecular complexity index is 1020. The zero-order valence-corrected chi connectivity index (χ0v) is 17.4. The van der Waals surface area contributed by atoms with Crippen molar-refractivity contribution in [2.24, 2.45) is 0 Å². The van der Waals surface area contributed by atoms with Gasteiger partial charge in [0.1, 0.15) is 16.1 Å². The molecule has 1 atom stereocenters. The molecule has 29 heavy (non-hydrogen) atoms. The highest BCUT2D eigenvalue weighted by atomic mass is 32.2. The van der Waals surface area contributed by atoms with Crippen molar-refractivity contribution in [3.63, 3.8) is 0 Å². The molecule has 2 aromatic heterocycles. The molecule has 0 bridgehead atoms. The number of amides is 1. The maximum absolute atomic E-state index is 13.1. The summed E-state index contributed by atoms with van der Waals surface area (Å²) in [6.07, 6.45) is 2.85. The molecule has 1 amide bonds. The van der Waals surface area contributed by atoms with Crippen LogP contribution in [-0.4, -0.2) is 67.3 Å². The summed E-state index contributed by atoms with van der Waals surface area (Å²) in [6.45, 7) is 2.57. The van der Waals surface area contributed by atoms with Crippen molar-refractivity contribution in [2.45, 2.75) is 23.1 Å². The molecule has 8 nitrogen and oxygen atoms in total. The molecule has 152 valence electrons. The topological polar surface area (TPSA) is 97.6 Å². The zero-order chi connectivity index (χ0) is 20.4. The lowest BCUT2D eigenvalue weighted by molar-refractivity contribution is -0.134. The number of hydrogen-bond donors (Lipinski definition) is 0. The first-order valence-corrected chi connectivity index (χ1v) is 11.8. The monoisotopic (exact) mass is 431 g/mol. The van der Waals surface area contributed by atoms with Gasteiger partial charge in [-0.2, -0.15) is 9.57 Å². The molecule has 0 aliphatic carbocycles. The number of nitriles is 1. The smallest absolute Gasteiger partial charge is 0.253 e. The molecule has 2 aliphatic heterocycles. The minimum atomic E-state index is -3.64. The first-order chi connectivity index (χ1) is 14.0. The van der Waals surface area contributed by atoms with Gasteiger partial charge in [0.2, 0.25) is 5.91 Å². The normalized spacial score (nSPS) is 20.6. The molecule has 0 aromatic carbocycles. The van der Waals surface area contributed by atoms with E-state index in [1.165, 1.54) is 15.6 Å². The SMILES string of the molecule is N#Cc1ccnc(N2CCN(C(=O)C3CCCN3S(=O)(=O)c3cccs3)CC2)c1. The van der Waals surface area contributed by atoms with Gasteiger partial charge in [0.05, 0.1) is 11.6 Å². The van der Waals surface area contributed by atoms with Crippen LogP contribution >= 0.6 is 11.3 Å². The summed E-state index contributed by atoms with van der Waals surface area (Å²) in [5.41, 5.74) is 0.550. The van der Waals surface area contributed by atoms with Crippen molar-refractivity contribution < 1.29 is 13.2 Å². The average molecular weight is 432 g/mol. The van der Waals surface area contributed by atoms with Gasteiger partial charge in [0.15, 0.2) is 0 Å². The number of carbonyl (C=O) groups is 1. The van der Waals surface area contributed by atoms with Gasteiger partial charge in [0, 0.05) is 38.9 Å². The van der Waals surface area contributed by atoms with Gasteiger partial charge in [-0.15, -0.1) is 11.3 Å². The maximum Gasteiger partial charge on any atom is 0.253 e. The van der Waals surface area contributed by atoms with E-state index in [-0.39, 0.29) is 10.1 Å². The molecule has 2 saturated heterocycles. The fourth-order valence-corrected chi connectivity index (χ4v) is 6.60. The van der Waals surface area contributed by atoms with Crippen LogP contribution < -0.4 is 4.90 Å². The van der Waals surface area contributed by atoms with Crippen LogP contribution in [0.15, 0.2) is 40.1 Å². The van der Waals surface area contributed by atoms with Crippen molar-refractivity contribution in [1.82, 2.24) is 14.2 Å². The highest BCUT2D eigenvalue weighted by molar-refractivity contribution is 7.91. The third kappa shape index (κ3) is 3.85. The van der Waals surface area contributed by atoms with Crippen molar-refractivity contribution in [2.75, 3.05) is 37.6 Å². The second kappa shape index (κ2) is 8.10. The lowest BCUT2D eigenvalue weighted by Crippen LogP contribution is -2.54. The van der Waals surface area contributed by atoms with Crippen LogP contribution in [0.1, 0.15) is 18.4 Å². The van der Waals surface area contributed by atoms with E-state index < -0.39 is 16.1 Å². The predicted octanol–water partition coefficient (Wildman–Crippen LogP) is 1.52. The second-order valence-electron chi connectivity index (χ2n) is 7.03. The van der Waals surface area contributed by atoms with E-state index in [1.807, 2.05) is 4.90 Å². The summed E-state index contributed by atoms with van der Waals surface area (Å²) in [5.74, 6) is 0.597. The Balaban J connectivity index is 1.43. The molecule has 4 rings (SSSR count). The first-order valence-electron chi connectivity index (χ1n) is 9.46. The third-order valence-corrected chi connectivity index (χ3v) is 8.62. The number of nitrogens with zero attached hydrogens (tertiary/aromatic N) is 5. The zero-order valence-electron chi connectivity index (χ0n) is 15.8. The molecular weight excluding hydrogens is 410 g/mol. The summed E-state index contributed by atoms with van der Waals surface area (Å²) >= 11 is 1.18. The fourth-order valence-electron chi connectivity index (χ4n) is 3.83. The number of carbonyl (C=O) groups excluding carboxylic acids is 1. The Hall–Kier alpha value is -2.48. The van der Waals surface area contributed by atoms with Crippen LogP contribution in [0.3, 0.4) is 0 Å². The highest BCUT2D eigenvalue weighted by Gasteiger charge is 2.42. The maximum atomic E-state index is 13.1. The molecule has 4 heterocycles. The molecule has 0 N–H and O–H groups in total.